The Morgan fingerprint density at radius 1 is 0.914 bits per heavy atom. The fraction of sp³-hybridized carbons (Fsp3) is 0.407. The van der Waals surface area contributed by atoms with Gasteiger partial charge >= 0.3 is 0 Å². The molecule has 1 saturated heterocycles. The summed E-state index contributed by atoms with van der Waals surface area (Å²) in [5.41, 5.74) is 1.58. The number of hydrogen-bond acceptors (Lipinski definition) is 7. The van der Waals surface area contributed by atoms with E-state index in [1.807, 2.05) is 6.92 Å². The summed E-state index contributed by atoms with van der Waals surface area (Å²) in [6, 6.07) is 16.9. The van der Waals surface area contributed by atoms with E-state index in [0.29, 0.717) is 0 Å². The molecule has 0 aliphatic carbocycles. The molecule has 2 aliphatic heterocycles. The fourth-order valence-electron chi connectivity index (χ4n) is 5.77. The van der Waals surface area contributed by atoms with Crippen LogP contribution in [0.1, 0.15) is 40.7 Å². The van der Waals surface area contributed by atoms with E-state index in [2.05, 4.69) is 83.9 Å². The molecule has 4 aromatic rings. The van der Waals surface area contributed by atoms with Crippen molar-refractivity contribution >= 4 is 28.4 Å². The van der Waals surface area contributed by atoms with E-state index >= 15 is 0 Å². The average molecular weight is 506 g/mol. The maximum absolute atomic E-state index is 11.9. The maximum atomic E-state index is 11.9. The van der Waals surface area contributed by atoms with E-state index in [1.165, 1.54) is 11.4 Å². The largest absolute Gasteiger partial charge is 0.378 e. The lowest BCUT2D eigenvalue weighted by molar-refractivity contribution is -0.00849. The summed E-state index contributed by atoms with van der Waals surface area (Å²) in [6.45, 7) is 6.96. The van der Waals surface area contributed by atoms with Crippen LogP contribution in [-0.4, -0.2) is 50.9 Å². The van der Waals surface area contributed by atoms with Crippen LogP contribution in [-0.2, 0) is 12.1 Å². The van der Waals surface area contributed by atoms with Crippen molar-refractivity contribution in [3.63, 3.8) is 0 Å². The predicted molar refractivity (Wildman–Crippen MR) is 143 cm³/mol. The number of aryl methyl sites for hydroxylation is 1. The molecule has 0 amide bonds. The second-order valence-electron chi connectivity index (χ2n) is 9.60. The van der Waals surface area contributed by atoms with Gasteiger partial charge in [-0.05, 0) is 80.8 Å². The molecule has 0 radical (unpaired) electrons. The molecule has 1 N–H and O–H groups in total. The van der Waals surface area contributed by atoms with Crippen molar-refractivity contribution in [2.75, 3.05) is 31.1 Å². The van der Waals surface area contributed by atoms with Gasteiger partial charge in [0.1, 0.15) is 11.4 Å². The Bertz CT molecular complexity index is 1220. The Morgan fingerprint density at radius 3 is 2.26 bits per heavy atom. The highest BCUT2D eigenvalue weighted by Gasteiger charge is 2.43. The number of likely N-dealkylation sites (tertiary alicyclic amines) is 1. The molecular weight excluding hydrogens is 474 g/mol. The lowest BCUT2D eigenvalue weighted by atomic mass is 9.78. The molecule has 0 saturated carbocycles. The lowest BCUT2D eigenvalue weighted by Gasteiger charge is -2.41. The second kappa shape index (κ2) is 9.50. The average Bonchev–Trinajstić information content (AvgIpc) is 3.67. The molecule has 1 aromatic carbocycles. The molecule has 0 unspecified atom stereocenters. The maximum Gasteiger partial charge on any atom is 0.157 e. The molecule has 3 aromatic heterocycles. The van der Waals surface area contributed by atoms with Crippen molar-refractivity contribution in [1.82, 2.24) is 19.7 Å². The fourth-order valence-corrected chi connectivity index (χ4v) is 7.67. The highest BCUT2D eigenvalue weighted by Crippen LogP contribution is 2.45. The quantitative estimate of drug-likeness (QED) is 0.381. The molecule has 6 nitrogen and oxygen atoms in total. The van der Waals surface area contributed by atoms with Crippen LogP contribution in [0, 0.1) is 12.8 Å². The molecule has 2 aliphatic rings. The van der Waals surface area contributed by atoms with Crippen molar-refractivity contribution in [3.05, 3.63) is 80.7 Å². The van der Waals surface area contributed by atoms with Gasteiger partial charge in [-0.2, -0.15) is 0 Å². The van der Waals surface area contributed by atoms with Crippen LogP contribution >= 0.6 is 22.7 Å². The van der Waals surface area contributed by atoms with Crippen molar-refractivity contribution in [1.29, 1.82) is 0 Å². The monoisotopic (exact) mass is 505 g/mol. The minimum absolute atomic E-state index is 0.250. The summed E-state index contributed by atoms with van der Waals surface area (Å²) in [7, 11) is 0. The minimum Gasteiger partial charge on any atom is -0.378 e. The summed E-state index contributed by atoms with van der Waals surface area (Å²) in [5, 5.41) is 24.8. The van der Waals surface area contributed by atoms with Gasteiger partial charge in [0.15, 0.2) is 5.82 Å². The molecule has 0 bridgehead atoms. The molecule has 6 rings (SSSR count). The topological polar surface area (TPSA) is 57.4 Å². The number of hydrogen-bond donors (Lipinski definition) is 1. The predicted octanol–water partition coefficient (Wildman–Crippen LogP) is 5.06. The van der Waals surface area contributed by atoms with E-state index in [1.54, 1.807) is 22.7 Å². The van der Waals surface area contributed by atoms with Gasteiger partial charge in [-0.25, -0.2) is 0 Å². The molecule has 5 heterocycles. The number of piperidine rings is 1. The zero-order valence-corrected chi connectivity index (χ0v) is 21.6. The summed E-state index contributed by atoms with van der Waals surface area (Å²) in [6.07, 6.45) is 3.13. The van der Waals surface area contributed by atoms with E-state index in [0.717, 1.165) is 73.4 Å². The number of nitrogens with zero attached hydrogens (tertiary/aromatic N) is 5. The molecule has 182 valence electrons. The highest BCUT2D eigenvalue weighted by molar-refractivity contribution is 7.11. The third-order valence-corrected chi connectivity index (χ3v) is 9.55. The van der Waals surface area contributed by atoms with Gasteiger partial charge in [-0.15, -0.1) is 32.9 Å². The lowest BCUT2D eigenvalue weighted by Crippen LogP contribution is -2.44. The van der Waals surface area contributed by atoms with E-state index in [9.17, 15) is 5.11 Å². The van der Waals surface area contributed by atoms with Gasteiger partial charge in [0.2, 0.25) is 0 Å². The van der Waals surface area contributed by atoms with Crippen molar-refractivity contribution in [3.8, 4) is 5.69 Å². The van der Waals surface area contributed by atoms with Crippen LogP contribution < -0.4 is 4.90 Å². The number of benzene rings is 1. The van der Waals surface area contributed by atoms with Gasteiger partial charge in [-0.1, -0.05) is 24.3 Å². The van der Waals surface area contributed by atoms with Crippen molar-refractivity contribution < 1.29 is 5.11 Å². The number of aromatic nitrogens is 3. The Labute approximate surface area is 214 Å². The number of rotatable bonds is 7. The van der Waals surface area contributed by atoms with Crippen LogP contribution in [0.3, 0.4) is 0 Å². The number of thiophene rings is 2. The molecular formula is C27H31N5OS2. The molecule has 0 atom stereocenters. The third kappa shape index (κ3) is 4.12. The first-order chi connectivity index (χ1) is 17.1. The Balaban J connectivity index is 1.08. The number of aliphatic hydroxyl groups is 1. The van der Waals surface area contributed by atoms with E-state index < -0.39 is 5.60 Å². The smallest absolute Gasteiger partial charge is 0.157 e. The number of para-hydroxylation sites is 2. The Hall–Kier alpha value is -2.52. The number of fused-ring (bicyclic) bond motifs is 3. The first-order valence-electron chi connectivity index (χ1n) is 12.4. The Morgan fingerprint density at radius 2 is 1.60 bits per heavy atom. The van der Waals surface area contributed by atoms with Gasteiger partial charge < -0.3 is 14.9 Å². The summed E-state index contributed by atoms with van der Waals surface area (Å²) >= 11 is 3.34. The summed E-state index contributed by atoms with van der Waals surface area (Å²) < 4.78 is 2.18. The minimum atomic E-state index is -0.861. The van der Waals surface area contributed by atoms with E-state index in [-0.39, 0.29) is 5.92 Å². The number of anilines is 1. The summed E-state index contributed by atoms with van der Waals surface area (Å²) in [5.74, 6) is 2.21. The van der Waals surface area contributed by atoms with Crippen LogP contribution in [0.5, 0.6) is 0 Å². The standard InChI is InChI=1S/C27H31N5OS2/c1-20-28-29-26-19-31(22-7-2-3-8-23(22)32(20)26)14-6-13-30-15-11-21(12-16-30)27(33,24-9-4-17-34-24)25-10-5-18-35-25/h2-5,7-10,17-18,21,33H,6,11-16,19H2,1H3. The first kappa shape index (κ1) is 22.9. The molecule has 0 spiro atoms. The van der Waals surface area contributed by atoms with Gasteiger partial charge in [0.05, 0.1) is 17.9 Å². The van der Waals surface area contributed by atoms with Crippen LogP contribution in [0.25, 0.3) is 5.69 Å². The second-order valence-corrected chi connectivity index (χ2v) is 11.5. The molecule has 1 fully saturated rings. The summed E-state index contributed by atoms with van der Waals surface area (Å²) in [4.78, 5) is 7.16. The Kier molecular flexibility index (Phi) is 6.22. The van der Waals surface area contributed by atoms with E-state index in [4.69, 9.17) is 0 Å². The zero-order valence-electron chi connectivity index (χ0n) is 20.0. The zero-order chi connectivity index (χ0) is 23.8. The first-order valence-corrected chi connectivity index (χ1v) is 14.2. The van der Waals surface area contributed by atoms with Gasteiger partial charge in [-0.3, -0.25) is 4.57 Å². The van der Waals surface area contributed by atoms with Gasteiger partial charge in [0, 0.05) is 22.2 Å². The highest BCUT2D eigenvalue weighted by atomic mass is 32.1. The van der Waals surface area contributed by atoms with Crippen LogP contribution in [0.2, 0.25) is 0 Å². The SMILES string of the molecule is Cc1nnc2n1-c1ccccc1N(CCCN1CCC(C(O)(c3cccs3)c3cccs3)CC1)C2. The third-order valence-electron chi connectivity index (χ3n) is 7.56. The molecule has 8 heteroatoms. The molecule has 35 heavy (non-hydrogen) atoms. The normalized spacial score (nSPS) is 16.9. The van der Waals surface area contributed by atoms with Crippen molar-refractivity contribution in [2.24, 2.45) is 5.92 Å². The van der Waals surface area contributed by atoms with Crippen LogP contribution in [0.15, 0.2) is 59.3 Å². The van der Waals surface area contributed by atoms with Crippen molar-refractivity contribution in [2.45, 2.75) is 38.3 Å². The van der Waals surface area contributed by atoms with Gasteiger partial charge in [0.25, 0.3) is 0 Å². The van der Waals surface area contributed by atoms with Crippen LogP contribution in [0.4, 0.5) is 5.69 Å².